The zero-order valence-corrected chi connectivity index (χ0v) is 19.0. The first-order valence-corrected chi connectivity index (χ1v) is 13.0. The van der Waals surface area contributed by atoms with Crippen LogP contribution in [0.2, 0.25) is 0 Å². The van der Waals surface area contributed by atoms with Gasteiger partial charge in [0, 0.05) is 0 Å². The molecule has 0 nitrogen and oxygen atoms in total. The van der Waals surface area contributed by atoms with Crippen molar-refractivity contribution in [1.29, 1.82) is 0 Å². The van der Waals surface area contributed by atoms with Crippen LogP contribution in [0, 0.1) is 17.3 Å². The van der Waals surface area contributed by atoms with Crippen molar-refractivity contribution in [2.45, 2.75) is 142 Å². The van der Waals surface area contributed by atoms with E-state index >= 15 is 0 Å². The molecule has 0 aliphatic heterocycles. The highest BCUT2D eigenvalue weighted by Crippen LogP contribution is 2.57. The van der Waals surface area contributed by atoms with Gasteiger partial charge in [-0.25, -0.2) is 0 Å². The van der Waals surface area contributed by atoms with Crippen LogP contribution in [0.15, 0.2) is 12.2 Å². The third kappa shape index (κ3) is 8.33. The van der Waals surface area contributed by atoms with Gasteiger partial charge in [0.2, 0.25) is 0 Å². The molecule has 0 N–H and O–H groups in total. The maximum absolute atomic E-state index is 2.61. The zero-order valence-electron chi connectivity index (χ0n) is 19.0. The lowest BCUT2D eigenvalue weighted by atomic mass is 9.69. The van der Waals surface area contributed by atoms with Gasteiger partial charge in [0.15, 0.2) is 0 Å². The molecule has 0 aromatic heterocycles. The van der Waals surface area contributed by atoms with E-state index in [1.165, 1.54) is 128 Å². The highest BCUT2D eigenvalue weighted by Gasteiger charge is 2.46. The van der Waals surface area contributed by atoms with Crippen molar-refractivity contribution >= 4 is 0 Å². The maximum atomic E-state index is 2.61. The molecule has 1 saturated carbocycles. The second kappa shape index (κ2) is 13.8. The van der Waals surface area contributed by atoms with E-state index in [1.807, 2.05) is 0 Å². The van der Waals surface area contributed by atoms with Crippen LogP contribution in [0.3, 0.4) is 0 Å². The second-order valence-corrected chi connectivity index (χ2v) is 10.0. The molecular formula is C27H50. The first-order chi connectivity index (χ1) is 13.3. The van der Waals surface area contributed by atoms with Crippen LogP contribution in [0.25, 0.3) is 0 Å². The number of allylic oxidation sites excluding steroid dienone is 2. The van der Waals surface area contributed by atoms with E-state index in [0.717, 1.165) is 11.8 Å². The molecule has 2 bridgehead atoms. The van der Waals surface area contributed by atoms with Crippen LogP contribution in [0.1, 0.15) is 142 Å². The Morgan fingerprint density at radius 2 is 1.04 bits per heavy atom. The second-order valence-electron chi connectivity index (χ2n) is 10.0. The van der Waals surface area contributed by atoms with Crippen LogP contribution in [-0.4, -0.2) is 0 Å². The number of rotatable bonds is 18. The summed E-state index contributed by atoms with van der Waals surface area (Å²) >= 11 is 0. The highest BCUT2D eigenvalue weighted by molar-refractivity contribution is 5.15. The van der Waals surface area contributed by atoms with Gasteiger partial charge in [0.25, 0.3) is 0 Å². The fourth-order valence-electron chi connectivity index (χ4n) is 5.98. The predicted octanol–water partition coefficient (Wildman–Crippen LogP) is 9.63. The summed E-state index contributed by atoms with van der Waals surface area (Å²) in [6, 6.07) is 0. The number of unbranched alkanes of at least 4 members (excludes halogenated alkanes) is 14. The Labute approximate surface area is 172 Å². The monoisotopic (exact) mass is 374 g/mol. The van der Waals surface area contributed by atoms with Crippen LogP contribution >= 0.6 is 0 Å². The minimum Gasteiger partial charge on any atom is -0.0851 e. The maximum Gasteiger partial charge on any atom is -0.0171 e. The number of hydrogen-bond acceptors (Lipinski definition) is 0. The molecule has 0 saturated heterocycles. The molecule has 0 amide bonds. The number of fused-ring (bicyclic) bond motifs is 2. The predicted molar refractivity (Wildman–Crippen MR) is 122 cm³/mol. The van der Waals surface area contributed by atoms with Crippen LogP contribution < -0.4 is 0 Å². The molecule has 2 atom stereocenters. The lowest BCUT2D eigenvalue weighted by Gasteiger charge is -2.36. The molecule has 2 rings (SSSR count). The van der Waals surface area contributed by atoms with E-state index in [1.54, 1.807) is 0 Å². The van der Waals surface area contributed by atoms with Gasteiger partial charge in [-0.15, -0.1) is 0 Å². The molecule has 0 heteroatoms. The zero-order chi connectivity index (χ0) is 19.2. The summed E-state index contributed by atoms with van der Waals surface area (Å²) < 4.78 is 0. The number of hydrogen-bond donors (Lipinski definition) is 0. The van der Waals surface area contributed by atoms with Gasteiger partial charge in [-0.2, -0.15) is 0 Å². The average Bonchev–Trinajstić information content (AvgIpc) is 3.28. The van der Waals surface area contributed by atoms with E-state index < -0.39 is 0 Å². The smallest absolute Gasteiger partial charge is 0.0171 e. The molecule has 0 heterocycles. The quantitative estimate of drug-likeness (QED) is 0.165. The van der Waals surface area contributed by atoms with E-state index in [4.69, 9.17) is 0 Å². The van der Waals surface area contributed by atoms with Crippen LogP contribution in [-0.2, 0) is 0 Å². The highest BCUT2D eigenvalue weighted by atomic mass is 14.5. The van der Waals surface area contributed by atoms with Crippen molar-refractivity contribution in [2.24, 2.45) is 17.3 Å². The van der Waals surface area contributed by atoms with Gasteiger partial charge < -0.3 is 0 Å². The van der Waals surface area contributed by atoms with E-state index in [-0.39, 0.29) is 0 Å². The summed E-state index contributed by atoms with van der Waals surface area (Å²) in [7, 11) is 0. The fraction of sp³-hybridized carbons (Fsp3) is 0.926. The molecule has 2 aliphatic carbocycles. The van der Waals surface area contributed by atoms with E-state index in [0.29, 0.717) is 5.41 Å². The van der Waals surface area contributed by atoms with Gasteiger partial charge in [-0.05, 0) is 42.9 Å². The molecular weight excluding hydrogens is 324 g/mol. The van der Waals surface area contributed by atoms with Gasteiger partial charge in [0.05, 0.1) is 0 Å². The van der Waals surface area contributed by atoms with Crippen molar-refractivity contribution in [3.05, 3.63) is 12.2 Å². The molecule has 0 spiro atoms. The van der Waals surface area contributed by atoms with Crippen molar-refractivity contribution in [2.75, 3.05) is 0 Å². The summed E-state index contributed by atoms with van der Waals surface area (Å²) in [5.41, 5.74) is 0.712. The lowest BCUT2D eigenvalue weighted by Crippen LogP contribution is -2.26. The third-order valence-electron chi connectivity index (χ3n) is 7.68. The molecule has 0 aromatic carbocycles. The Kier molecular flexibility index (Phi) is 11.8. The van der Waals surface area contributed by atoms with Gasteiger partial charge in [-0.3, -0.25) is 0 Å². The summed E-state index contributed by atoms with van der Waals surface area (Å²) in [5, 5.41) is 0. The normalized spacial score (nSPS) is 22.7. The van der Waals surface area contributed by atoms with Crippen molar-refractivity contribution in [3.63, 3.8) is 0 Å². The van der Waals surface area contributed by atoms with Crippen molar-refractivity contribution < 1.29 is 0 Å². The SMILES string of the molecule is CCCCCCCCCCC1(CCCCCCCCCC)CC2C=CC1C2. The summed E-state index contributed by atoms with van der Waals surface area (Å²) in [5.74, 6) is 1.88. The largest absolute Gasteiger partial charge is 0.0851 e. The van der Waals surface area contributed by atoms with Crippen molar-refractivity contribution in [1.82, 2.24) is 0 Å². The van der Waals surface area contributed by atoms with Crippen LogP contribution in [0.4, 0.5) is 0 Å². The molecule has 0 radical (unpaired) electrons. The fourth-order valence-corrected chi connectivity index (χ4v) is 5.98. The molecule has 27 heavy (non-hydrogen) atoms. The molecule has 0 aromatic rings. The first-order valence-electron chi connectivity index (χ1n) is 13.0. The Hall–Kier alpha value is -0.260. The summed E-state index contributed by atoms with van der Waals surface area (Å²) in [6.07, 6.45) is 34.7. The minimum atomic E-state index is 0.712. The first kappa shape index (κ1) is 23.0. The van der Waals surface area contributed by atoms with Gasteiger partial charge >= 0.3 is 0 Å². The van der Waals surface area contributed by atoms with E-state index in [2.05, 4.69) is 26.0 Å². The summed E-state index contributed by atoms with van der Waals surface area (Å²) in [4.78, 5) is 0. The molecule has 158 valence electrons. The Morgan fingerprint density at radius 1 is 0.593 bits per heavy atom. The Morgan fingerprint density at radius 3 is 1.41 bits per heavy atom. The molecule has 2 unspecified atom stereocenters. The topological polar surface area (TPSA) is 0 Å². The Balaban J connectivity index is 1.59. The van der Waals surface area contributed by atoms with Gasteiger partial charge in [0.1, 0.15) is 0 Å². The summed E-state index contributed by atoms with van der Waals surface area (Å²) in [6.45, 7) is 4.63. The van der Waals surface area contributed by atoms with Gasteiger partial charge in [-0.1, -0.05) is 129 Å². The minimum absolute atomic E-state index is 0.712. The standard InChI is InChI=1S/C27H50/c1-3-5-7-9-11-13-15-17-21-27(24-25-19-20-26(27)23-25)22-18-16-14-12-10-8-6-4-2/h19-20,25-26H,3-18,21-24H2,1-2H3. The van der Waals surface area contributed by atoms with Crippen LogP contribution in [0.5, 0.6) is 0 Å². The Bertz CT molecular complexity index is 359. The van der Waals surface area contributed by atoms with E-state index in [9.17, 15) is 0 Å². The van der Waals surface area contributed by atoms with Crippen molar-refractivity contribution in [3.8, 4) is 0 Å². The average molecular weight is 375 g/mol. The third-order valence-corrected chi connectivity index (χ3v) is 7.68. The molecule has 2 aliphatic rings. The molecule has 1 fully saturated rings. The lowest BCUT2D eigenvalue weighted by molar-refractivity contribution is 0.175.